The van der Waals surface area contributed by atoms with Crippen LogP contribution >= 0.6 is 11.6 Å². The maximum absolute atomic E-state index is 5.88. The summed E-state index contributed by atoms with van der Waals surface area (Å²) in [7, 11) is 1.63. The number of nitrogens with one attached hydrogen (secondary N) is 1. The molecule has 1 rings (SSSR count). The molecule has 2 unspecified atom stereocenters. The number of hydrogen-bond acceptors (Lipinski definition) is 5. The van der Waals surface area contributed by atoms with Gasteiger partial charge < -0.3 is 10.5 Å². The highest BCUT2D eigenvalue weighted by Gasteiger charge is 2.23. The first-order chi connectivity index (χ1) is 7.63. The lowest BCUT2D eigenvalue weighted by atomic mass is 10.0. The third-order valence-electron chi connectivity index (χ3n) is 2.51. The van der Waals surface area contributed by atoms with Crippen LogP contribution in [0.15, 0.2) is 12.3 Å². The molecule has 0 amide bonds. The number of nitrogens with zero attached hydrogens (tertiary/aromatic N) is 1. The minimum absolute atomic E-state index is 0.0763. The zero-order valence-corrected chi connectivity index (χ0v) is 10.2. The number of rotatable bonds is 5. The van der Waals surface area contributed by atoms with Crippen molar-refractivity contribution in [3.05, 3.63) is 22.8 Å². The molecule has 0 aromatic carbocycles. The number of ether oxygens (including phenoxy) is 1. The molecule has 0 bridgehead atoms. The number of nitrogens with two attached hydrogens (primary N) is 2. The van der Waals surface area contributed by atoms with Gasteiger partial charge in [-0.3, -0.25) is 11.3 Å². The molecule has 0 spiro atoms. The summed E-state index contributed by atoms with van der Waals surface area (Å²) in [5.41, 5.74) is 9.23. The van der Waals surface area contributed by atoms with Gasteiger partial charge in [0.1, 0.15) is 5.82 Å². The largest absolute Gasteiger partial charge is 0.383 e. The second-order valence-corrected chi connectivity index (χ2v) is 3.89. The van der Waals surface area contributed by atoms with Crippen LogP contribution in [0.4, 0.5) is 5.82 Å². The number of hydrazine groups is 1. The van der Waals surface area contributed by atoms with Crippen molar-refractivity contribution < 1.29 is 4.74 Å². The normalized spacial score (nSPS) is 14.8. The summed E-state index contributed by atoms with van der Waals surface area (Å²) >= 11 is 5.88. The lowest BCUT2D eigenvalue weighted by Gasteiger charge is -2.25. The molecule has 6 heteroatoms. The standard InChI is InChI=1S/C10H17ClN4O/c1-3-8(16-2)9(15-13)7-4-6(11)5-14-10(7)12/h4-5,8-9,15H,3,13H2,1-2H3,(H2,12,14). The van der Waals surface area contributed by atoms with Crippen LogP contribution < -0.4 is 17.0 Å². The minimum atomic E-state index is -0.221. The maximum atomic E-state index is 5.88. The molecule has 5 nitrogen and oxygen atoms in total. The Labute approximate surface area is 100 Å². The van der Waals surface area contributed by atoms with Crippen LogP contribution in [0.1, 0.15) is 24.9 Å². The fourth-order valence-corrected chi connectivity index (χ4v) is 1.82. The van der Waals surface area contributed by atoms with Crippen molar-refractivity contribution in [2.24, 2.45) is 5.84 Å². The number of pyridine rings is 1. The maximum Gasteiger partial charge on any atom is 0.128 e. The summed E-state index contributed by atoms with van der Waals surface area (Å²) < 4.78 is 5.33. The van der Waals surface area contributed by atoms with E-state index in [1.165, 1.54) is 6.20 Å². The van der Waals surface area contributed by atoms with Crippen molar-refractivity contribution in [2.45, 2.75) is 25.5 Å². The van der Waals surface area contributed by atoms with E-state index in [0.717, 1.165) is 12.0 Å². The van der Waals surface area contributed by atoms with E-state index in [1.54, 1.807) is 13.2 Å². The first-order valence-corrected chi connectivity index (χ1v) is 5.41. The molecule has 0 aliphatic carbocycles. The molecule has 0 aliphatic rings. The summed E-state index contributed by atoms with van der Waals surface area (Å²) in [6, 6.07) is 1.53. The molecule has 0 saturated carbocycles. The molecule has 2 atom stereocenters. The molecular weight excluding hydrogens is 228 g/mol. The highest BCUT2D eigenvalue weighted by atomic mass is 35.5. The van der Waals surface area contributed by atoms with Gasteiger partial charge in [0, 0.05) is 18.9 Å². The average Bonchev–Trinajstić information content (AvgIpc) is 2.29. The smallest absolute Gasteiger partial charge is 0.128 e. The molecule has 1 aromatic rings. The third kappa shape index (κ3) is 2.82. The van der Waals surface area contributed by atoms with Crippen LogP contribution in [0.5, 0.6) is 0 Å². The molecule has 1 aromatic heterocycles. The van der Waals surface area contributed by atoms with Gasteiger partial charge >= 0.3 is 0 Å². The predicted octanol–water partition coefficient (Wildman–Crippen LogP) is 1.25. The molecule has 90 valence electrons. The summed E-state index contributed by atoms with van der Waals surface area (Å²) in [6.45, 7) is 2.01. The third-order valence-corrected chi connectivity index (χ3v) is 2.71. The number of aromatic nitrogens is 1. The van der Waals surface area contributed by atoms with Crippen LogP contribution in [-0.2, 0) is 4.74 Å². The van der Waals surface area contributed by atoms with Gasteiger partial charge in [-0.1, -0.05) is 18.5 Å². The van der Waals surface area contributed by atoms with Crippen molar-refractivity contribution in [3.8, 4) is 0 Å². The first-order valence-electron chi connectivity index (χ1n) is 5.03. The van der Waals surface area contributed by atoms with Crippen molar-refractivity contribution in [1.82, 2.24) is 10.4 Å². The minimum Gasteiger partial charge on any atom is -0.383 e. The van der Waals surface area contributed by atoms with Crippen molar-refractivity contribution in [1.29, 1.82) is 0 Å². The van der Waals surface area contributed by atoms with Crippen LogP contribution in [0.25, 0.3) is 0 Å². The Hall–Kier alpha value is -0.880. The summed E-state index contributed by atoms with van der Waals surface area (Å²) in [4.78, 5) is 3.99. The lowest BCUT2D eigenvalue weighted by Crippen LogP contribution is -2.37. The highest BCUT2D eigenvalue weighted by molar-refractivity contribution is 6.30. The average molecular weight is 245 g/mol. The second kappa shape index (κ2) is 6.00. The van der Waals surface area contributed by atoms with E-state index >= 15 is 0 Å². The summed E-state index contributed by atoms with van der Waals surface area (Å²) in [5.74, 6) is 5.92. The van der Waals surface area contributed by atoms with Crippen molar-refractivity contribution in [2.75, 3.05) is 12.8 Å². The van der Waals surface area contributed by atoms with Crippen LogP contribution in [0.2, 0.25) is 5.02 Å². The van der Waals surface area contributed by atoms with E-state index in [-0.39, 0.29) is 12.1 Å². The summed E-state index contributed by atoms with van der Waals surface area (Å²) in [5, 5.41) is 0.524. The zero-order chi connectivity index (χ0) is 12.1. The van der Waals surface area contributed by atoms with Crippen LogP contribution in [0, 0.1) is 0 Å². The van der Waals surface area contributed by atoms with Crippen LogP contribution in [0.3, 0.4) is 0 Å². The Morgan fingerprint density at radius 1 is 1.62 bits per heavy atom. The van der Waals surface area contributed by atoms with Gasteiger partial charge in [-0.25, -0.2) is 4.98 Å². The molecule has 16 heavy (non-hydrogen) atoms. The van der Waals surface area contributed by atoms with Gasteiger partial charge in [0.25, 0.3) is 0 Å². The van der Waals surface area contributed by atoms with Crippen molar-refractivity contribution in [3.63, 3.8) is 0 Å². The Balaban J connectivity index is 3.06. The second-order valence-electron chi connectivity index (χ2n) is 3.45. The van der Waals surface area contributed by atoms with E-state index in [1.807, 2.05) is 6.92 Å². The topological polar surface area (TPSA) is 86.2 Å². The Bertz CT molecular complexity index is 344. The van der Waals surface area contributed by atoms with E-state index in [9.17, 15) is 0 Å². The van der Waals surface area contributed by atoms with Gasteiger partial charge in [0.05, 0.1) is 17.2 Å². The molecule has 5 N–H and O–H groups in total. The number of methoxy groups -OCH3 is 1. The van der Waals surface area contributed by atoms with Crippen molar-refractivity contribution >= 4 is 17.4 Å². The SMILES string of the molecule is CCC(OC)C(NN)c1cc(Cl)cnc1N. The Kier molecular flexibility index (Phi) is 4.95. The zero-order valence-electron chi connectivity index (χ0n) is 9.40. The van der Waals surface area contributed by atoms with Gasteiger partial charge in [0.2, 0.25) is 0 Å². The van der Waals surface area contributed by atoms with Gasteiger partial charge in [-0.15, -0.1) is 0 Å². The fraction of sp³-hybridized carbons (Fsp3) is 0.500. The van der Waals surface area contributed by atoms with E-state index in [4.69, 9.17) is 27.9 Å². The van der Waals surface area contributed by atoms with E-state index < -0.39 is 0 Å². The first kappa shape index (κ1) is 13.2. The van der Waals surface area contributed by atoms with Gasteiger partial charge in [-0.2, -0.15) is 0 Å². The molecule has 0 radical (unpaired) electrons. The van der Waals surface area contributed by atoms with E-state index in [0.29, 0.717) is 10.8 Å². The van der Waals surface area contributed by atoms with Gasteiger partial charge in [0.15, 0.2) is 0 Å². The highest BCUT2D eigenvalue weighted by Crippen LogP contribution is 2.26. The molecule has 0 aliphatic heterocycles. The molecule has 0 saturated heterocycles. The number of halogens is 1. The molecule has 0 fully saturated rings. The molecular formula is C10H17ClN4O. The van der Waals surface area contributed by atoms with E-state index in [2.05, 4.69) is 10.4 Å². The number of nitrogen functional groups attached to an aromatic ring is 1. The summed E-state index contributed by atoms with van der Waals surface area (Å²) in [6.07, 6.45) is 2.23. The number of anilines is 1. The number of hydrogen-bond donors (Lipinski definition) is 3. The quantitative estimate of drug-likeness (QED) is 0.536. The lowest BCUT2D eigenvalue weighted by molar-refractivity contribution is 0.0652. The molecule has 1 heterocycles. The van der Waals surface area contributed by atoms with Crippen LogP contribution in [-0.4, -0.2) is 18.2 Å². The monoisotopic (exact) mass is 244 g/mol. The fourth-order valence-electron chi connectivity index (χ4n) is 1.65. The Morgan fingerprint density at radius 3 is 2.81 bits per heavy atom. The predicted molar refractivity (Wildman–Crippen MR) is 64.8 cm³/mol. The van der Waals surface area contributed by atoms with Gasteiger partial charge in [-0.05, 0) is 12.5 Å². The Morgan fingerprint density at radius 2 is 2.31 bits per heavy atom.